The third-order valence-corrected chi connectivity index (χ3v) is 3.94. The van der Waals surface area contributed by atoms with Gasteiger partial charge in [0.15, 0.2) is 0 Å². The quantitative estimate of drug-likeness (QED) is 0.660. The van der Waals surface area contributed by atoms with Crippen LogP contribution in [0.15, 0.2) is 17.5 Å². The SMILES string of the molecule is Cc1nc(CNC(=O)c2cc([N+](=O)[O-])cc([N+](=O)[O-])c2C)cs1. The van der Waals surface area contributed by atoms with E-state index in [2.05, 4.69) is 10.3 Å². The van der Waals surface area contributed by atoms with Crippen molar-refractivity contribution in [1.82, 2.24) is 10.3 Å². The van der Waals surface area contributed by atoms with Crippen LogP contribution in [0.1, 0.15) is 26.6 Å². The molecule has 1 amide bonds. The van der Waals surface area contributed by atoms with Crippen molar-refractivity contribution in [2.24, 2.45) is 0 Å². The van der Waals surface area contributed by atoms with Crippen LogP contribution in [0.4, 0.5) is 11.4 Å². The number of amides is 1. The molecule has 2 aromatic rings. The van der Waals surface area contributed by atoms with Crippen LogP contribution in [0.3, 0.4) is 0 Å². The van der Waals surface area contributed by atoms with Crippen molar-refractivity contribution < 1.29 is 14.6 Å². The number of carbonyl (C=O) groups is 1. The summed E-state index contributed by atoms with van der Waals surface area (Å²) in [5, 5.41) is 27.1. The van der Waals surface area contributed by atoms with E-state index in [1.54, 1.807) is 5.38 Å². The zero-order valence-corrected chi connectivity index (χ0v) is 13.0. The maximum Gasteiger partial charge on any atom is 0.279 e. The molecule has 0 spiro atoms. The first-order valence-corrected chi connectivity index (χ1v) is 7.30. The number of nitrogens with zero attached hydrogens (tertiary/aromatic N) is 3. The van der Waals surface area contributed by atoms with Gasteiger partial charge in [0.05, 0.1) is 38.7 Å². The molecule has 2 rings (SSSR count). The number of carbonyl (C=O) groups excluding carboxylic acids is 1. The smallest absolute Gasteiger partial charge is 0.279 e. The number of aryl methyl sites for hydroxylation is 1. The number of hydrogen-bond acceptors (Lipinski definition) is 7. The minimum Gasteiger partial charge on any atom is -0.346 e. The van der Waals surface area contributed by atoms with Gasteiger partial charge >= 0.3 is 0 Å². The maximum atomic E-state index is 12.2. The Balaban J connectivity index is 2.31. The van der Waals surface area contributed by atoms with Crippen molar-refractivity contribution >= 4 is 28.6 Å². The Morgan fingerprint density at radius 3 is 2.48 bits per heavy atom. The van der Waals surface area contributed by atoms with E-state index in [1.165, 1.54) is 18.3 Å². The second-order valence-corrected chi connectivity index (χ2v) is 5.75. The fraction of sp³-hybridized carbons (Fsp3) is 0.231. The van der Waals surface area contributed by atoms with E-state index in [4.69, 9.17) is 0 Å². The zero-order valence-electron chi connectivity index (χ0n) is 12.2. The normalized spacial score (nSPS) is 10.3. The summed E-state index contributed by atoms with van der Waals surface area (Å²) in [6.07, 6.45) is 0. The van der Waals surface area contributed by atoms with Gasteiger partial charge in [-0.25, -0.2) is 4.98 Å². The number of nitrogens with one attached hydrogen (secondary N) is 1. The van der Waals surface area contributed by atoms with Crippen molar-refractivity contribution in [2.75, 3.05) is 0 Å². The number of thiazole rings is 1. The predicted molar refractivity (Wildman–Crippen MR) is 82.5 cm³/mol. The molecule has 1 aromatic carbocycles. The summed E-state index contributed by atoms with van der Waals surface area (Å²) in [6, 6.07) is 1.87. The molecule has 0 bridgehead atoms. The zero-order chi connectivity index (χ0) is 17.1. The topological polar surface area (TPSA) is 128 Å². The summed E-state index contributed by atoms with van der Waals surface area (Å²) in [7, 11) is 0. The molecule has 120 valence electrons. The summed E-state index contributed by atoms with van der Waals surface area (Å²) in [6.45, 7) is 3.34. The van der Waals surface area contributed by atoms with E-state index in [-0.39, 0.29) is 17.7 Å². The Bertz CT molecular complexity index is 802. The van der Waals surface area contributed by atoms with E-state index in [0.29, 0.717) is 5.69 Å². The van der Waals surface area contributed by atoms with Crippen LogP contribution in [-0.4, -0.2) is 20.7 Å². The Morgan fingerprint density at radius 1 is 1.26 bits per heavy atom. The average molecular weight is 336 g/mol. The molecule has 0 aliphatic heterocycles. The molecule has 0 saturated carbocycles. The minimum absolute atomic E-state index is 0.0764. The Kier molecular flexibility index (Phi) is 4.65. The van der Waals surface area contributed by atoms with Crippen LogP contribution < -0.4 is 5.32 Å². The third kappa shape index (κ3) is 3.66. The minimum atomic E-state index is -0.771. The summed E-state index contributed by atoms with van der Waals surface area (Å²) < 4.78 is 0. The highest BCUT2D eigenvalue weighted by molar-refractivity contribution is 7.09. The Hall–Kier alpha value is -2.88. The maximum absolute atomic E-state index is 12.2. The van der Waals surface area contributed by atoms with E-state index in [1.807, 2.05) is 6.92 Å². The van der Waals surface area contributed by atoms with E-state index >= 15 is 0 Å². The molecule has 1 heterocycles. The Labute approximate surface area is 134 Å². The van der Waals surface area contributed by atoms with Gasteiger partial charge in [0.1, 0.15) is 0 Å². The van der Waals surface area contributed by atoms with Gasteiger partial charge in [-0.3, -0.25) is 25.0 Å². The lowest BCUT2D eigenvalue weighted by atomic mass is 10.0. The lowest BCUT2D eigenvalue weighted by Gasteiger charge is -2.07. The van der Waals surface area contributed by atoms with Crippen molar-refractivity contribution in [3.8, 4) is 0 Å². The first kappa shape index (κ1) is 16.5. The van der Waals surface area contributed by atoms with Crippen LogP contribution in [0.2, 0.25) is 0 Å². The van der Waals surface area contributed by atoms with Crippen molar-refractivity contribution in [2.45, 2.75) is 20.4 Å². The molecule has 1 aromatic heterocycles. The summed E-state index contributed by atoms with van der Waals surface area (Å²) in [5.74, 6) is -0.625. The lowest BCUT2D eigenvalue weighted by Crippen LogP contribution is -2.24. The van der Waals surface area contributed by atoms with Crippen LogP contribution >= 0.6 is 11.3 Å². The van der Waals surface area contributed by atoms with Crippen LogP contribution in [-0.2, 0) is 6.54 Å². The molecular weight excluding hydrogens is 324 g/mol. The molecule has 23 heavy (non-hydrogen) atoms. The number of aromatic nitrogens is 1. The molecule has 0 aliphatic carbocycles. The van der Waals surface area contributed by atoms with Gasteiger partial charge < -0.3 is 5.32 Å². The summed E-state index contributed by atoms with van der Waals surface area (Å²) >= 11 is 1.43. The lowest BCUT2D eigenvalue weighted by molar-refractivity contribution is -0.394. The van der Waals surface area contributed by atoms with Crippen molar-refractivity contribution in [3.63, 3.8) is 0 Å². The van der Waals surface area contributed by atoms with Crippen LogP contribution in [0.25, 0.3) is 0 Å². The molecule has 9 nitrogen and oxygen atoms in total. The largest absolute Gasteiger partial charge is 0.346 e. The van der Waals surface area contributed by atoms with Crippen molar-refractivity contribution in [3.05, 3.63) is 59.6 Å². The molecule has 0 saturated heterocycles. The highest BCUT2D eigenvalue weighted by Crippen LogP contribution is 2.28. The monoisotopic (exact) mass is 336 g/mol. The highest BCUT2D eigenvalue weighted by Gasteiger charge is 2.24. The molecule has 0 unspecified atom stereocenters. The van der Waals surface area contributed by atoms with E-state index in [9.17, 15) is 25.0 Å². The number of nitro groups is 2. The van der Waals surface area contributed by atoms with Gasteiger partial charge in [-0.1, -0.05) is 0 Å². The standard InChI is InChI=1S/C13H12N4O5S/c1-7-11(3-10(16(19)20)4-12(7)17(21)22)13(18)14-5-9-6-23-8(2)15-9/h3-4,6H,5H2,1-2H3,(H,14,18). The van der Waals surface area contributed by atoms with Crippen LogP contribution in [0.5, 0.6) is 0 Å². The average Bonchev–Trinajstić information content (AvgIpc) is 2.90. The Morgan fingerprint density at radius 2 is 1.96 bits per heavy atom. The van der Waals surface area contributed by atoms with Crippen LogP contribution in [0, 0.1) is 34.1 Å². The fourth-order valence-corrected chi connectivity index (χ4v) is 2.58. The van der Waals surface area contributed by atoms with Gasteiger partial charge in [0.25, 0.3) is 17.3 Å². The van der Waals surface area contributed by atoms with Gasteiger partial charge in [0.2, 0.25) is 0 Å². The fourth-order valence-electron chi connectivity index (χ4n) is 1.97. The molecule has 10 heteroatoms. The number of rotatable bonds is 5. The first-order chi connectivity index (χ1) is 10.8. The number of non-ortho nitro benzene ring substituents is 1. The molecule has 0 radical (unpaired) electrons. The third-order valence-electron chi connectivity index (χ3n) is 3.11. The van der Waals surface area contributed by atoms with E-state index < -0.39 is 27.1 Å². The summed E-state index contributed by atoms with van der Waals surface area (Å²) in [5.41, 5.74) is -0.338. The van der Waals surface area contributed by atoms with Gasteiger partial charge in [-0.2, -0.15) is 0 Å². The highest BCUT2D eigenvalue weighted by atomic mass is 32.1. The first-order valence-electron chi connectivity index (χ1n) is 6.42. The predicted octanol–water partition coefficient (Wildman–Crippen LogP) is 2.51. The van der Waals surface area contributed by atoms with Gasteiger partial charge in [-0.05, 0) is 13.8 Å². The second-order valence-electron chi connectivity index (χ2n) is 4.69. The van der Waals surface area contributed by atoms with Gasteiger partial charge in [-0.15, -0.1) is 11.3 Å². The second kappa shape index (κ2) is 6.48. The molecule has 0 aliphatic rings. The number of nitro benzene ring substituents is 2. The molecule has 0 fully saturated rings. The van der Waals surface area contributed by atoms with E-state index in [0.717, 1.165) is 17.1 Å². The molecule has 0 atom stereocenters. The molecular formula is C13H12N4O5S. The van der Waals surface area contributed by atoms with Gasteiger partial charge in [0, 0.05) is 17.0 Å². The number of benzene rings is 1. The number of hydrogen-bond donors (Lipinski definition) is 1. The molecule has 1 N–H and O–H groups in total. The van der Waals surface area contributed by atoms with Crippen molar-refractivity contribution in [1.29, 1.82) is 0 Å². The summed E-state index contributed by atoms with van der Waals surface area (Å²) in [4.78, 5) is 36.8.